The summed E-state index contributed by atoms with van der Waals surface area (Å²) in [5, 5.41) is 6.34. The van der Waals surface area contributed by atoms with E-state index < -0.39 is 0 Å². The molecule has 0 saturated carbocycles. The standard InChI is InChI=1S/C17H23FN4O/c1-20-4-2-12(3-5-20)11-21-6-7-22-16-13(10-19-22)8-14(18)9-15(16)17(21)23/h8-10,12-13,16H,2-7,11H2,1H3. The number of carbonyl (C=O) groups is 1. The average Bonchev–Trinajstić information content (AvgIpc) is 2.89. The number of hydrazone groups is 1. The van der Waals surface area contributed by atoms with Crippen LogP contribution in [0.2, 0.25) is 0 Å². The van der Waals surface area contributed by atoms with E-state index in [1.165, 1.54) is 6.08 Å². The molecule has 2 fully saturated rings. The van der Waals surface area contributed by atoms with Gasteiger partial charge in [-0.15, -0.1) is 0 Å². The van der Waals surface area contributed by atoms with Crippen molar-refractivity contribution >= 4 is 12.1 Å². The summed E-state index contributed by atoms with van der Waals surface area (Å²) in [7, 11) is 2.14. The second-order valence-electron chi connectivity index (χ2n) is 7.10. The van der Waals surface area contributed by atoms with Gasteiger partial charge in [0.25, 0.3) is 5.91 Å². The average molecular weight is 318 g/mol. The van der Waals surface area contributed by atoms with Crippen LogP contribution in [-0.2, 0) is 4.79 Å². The summed E-state index contributed by atoms with van der Waals surface area (Å²) < 4.78 is 13.9. The van der Waals surface area contributed by atoms with Crippen molar-refractivity contribution in [3.05, 3.63) is 23.6 Å². The third-order valence-corrected chi connectivity index (χ3v) is 5.49. The van der Waals surface area contributed by atoms with Crippen LogP contribution in [0.25, 0.3) is 0 Å². The Hall–Kier alpha value is -1.69. The zero-order chi connectivity index (χ0) is 16.0. The summed E-state index contributed by atoms with van der Waals surface area (Å²) in [6.07, 6.45) is 7.00. The van der Waals surface area contributed by atoms with Gasteiger partial charge in [-0.2, -0.15) is 5.10 Å². The van der Waals surface area contributed by atoms with E-state index >= 15 is 0 Å². The fraction of sp³-hybridized carbons (Fsp3) is 0.647. The van der Waals surface area contributed by atoms with Crippen molar-refractivity contribution in [2.75, 3.05) is 39.8 Å². The number of halogens is 1. The van der Waals surface area contributed by atoms with Crippen LogP contribution < -0.4 is 0 Å². The summed E-state index contributed by atoms with van der Waals surface area (Å²) in [5.74, 6) is 0.119. The molecule has 5 nitrogen and oxygen atoms in total. The number of likely N-dealkylation sites (tertiary alicyclic amines) is 1. The molecule has 6 heteroatoms. The summed E-state index contributed by atoms with van der Waals surface area (Å²) in [6.45, 7) is 4.36. The number of hydrogen-bond acceptors (Lipinski definition) is 4. The van der Waals surface area contributed by atoms with Crippen LogP contribution in [0.5, 0.6) is 0 Å². The first-order chi connectivity index (χ1) is 11.1. The lowest BCUT2D eigenvalue weighted by molar-refractivity contribution is -0.127. The smallest absolute Gasteiger partial charge is 0.252 e. The first-order valence-corrected chi connectivity index (χ1v) is 8.49. The molecule has 0 N–H and O–H groups in total. The van der Waals surface area contributed by atoms with E-state index in [9.17, 15) is 9.18 Å². The summed E-state index contributed by atoms with van der Waals surface area (Å²) in [4.78, 5) is 17.2. The van der Waals surface area contributed by atoms with Gasteiger partial charge in [0.2, 0.25) is 0 Å². The lowest BCUT2D eigenvalue weighted by Gasteiger charge is -2.33. The molecule has 3 heterocycles. The first kappa shape index (κ1) is 14.9. The van der Waals surface area contributed by atoms with E-state index in [4.69, 9.17) is 0 Å². The van der Waals surface area contributed by atoms with E-state index in [-0.39, 0.29) is 23.7 Å². The molecule has 0 spiro atoms. The number of amides is 1. The lowest BCUT2D eigenvalue weighted by Crippen LogP contribution is -2.41. The molecule has 0 aromatic heterocycles. The number of nitrogens with zero attached hydrogens (tertiary/aromatic N) is 4. The molecule has 124 valence electrons. The van der Waals surface area contributed by atoms with Crippen molar-refractivity contribution < 1.29 is 9.18 Å². The van der Waals surface area contributed by atoms with Gasteiger partial charge in [0, 0.05) is 30.8 Å². The molecule has 0 radical (unpaired) electrons. The number of carbonyl (C=O) groups excluding carboxylic acids is 1. The fourth-order valence-electron chi connectivity index (χ4n) is 4.11. The summed E-state index contributed by atoms with van der Waals surface area (Å²) in [5.41, 5.74) is 0.568. The quantitative estimate of drug-likeness (QED) is 0.769. The topological polar surface area (TPSA) is 39.1 Å². The van der Waals surface area contributed by atoms with E-state index in [2.05, 4.69) is 17.0 Å². The molecule has 2 atom stereocenters. The highest BCUT2D eigenvalue weighted by atomic mass is 19.1. The second kappa shape index (κ2) is 5.74. The Labute approximate surface area is 136 Å². The van der Waals surface area contributed by atoms with Gasteiger partial charge < -0.3 is 9.80 Å². The molecule has 4 aliphatic rings. The summed E-state index contributed by atoms with van der Waals surface area (Å²) in [6, 6.07) is -0.107. The molecule has 3 aliphatic heterocycles. The minimum absolute atomic E-state index is 0.00446. The van der Waals surface area contributed by atoms with Gasteiger partial charge in [-0.25, -0.2) is 4.39 Å². The SMILES string of the molecule is CN1CCC(CN2CCN3N=CC4C=C(F)C=C(C2=O)C43)CC1. The maximum absolute atomic E-state index is 13.9. The molecule has 1 aliphatic carbocycles. The molecular formula is C17H23FN4O. The van der Waals surface area contributed by atoms with Crippen molar-refractivity contribution in [1.29, 1.82) is 0 Å². The number of hydrogen-bond donors (Lipinski definition) is 0. The monoisotopic (exact) mass is 318 g/mol. The molecule has 1 amide bonds. The van der Waals surface area contributed by atoms with Crippen molar-refractivity contribution in [2.45, 2.75) is 18.9 Å². The first-order valence-electron chi connectivity index (χ1n) is 8.49. The van der Waals surface area contributed by atoms with E-state index in [1.54, 1.807) is 12.3 Å². The number of piperidine rings is 1. The van der Waals surface area contributed by atoms with Crippen LogP contribution in [-0.4, -0.2) is 72.7 Å². The Morgan fingerprint density at radius 2 is 2.04 bits per heavy atom. The van der Waals surface area contributed by atoms with Crippen molar-refractivity contribution in [1.82, 2.24) is 14.8 Å². The molecule has 2 unspecified atom stereocenters. The summed E-state index contributed by atoms with van der Waals surface area (Å²) >= 11 is 0. The highest BCUT2D eigenvalue weighted by Crippen LogP contribution is 2.34. The third-order valence-electron chi connectivity index (χ3n) is 5.49. The van der Waals surface area contributed by atoms with Crippen LogP contribution in [0.1, 0.15) is 12.8 Å². The Morgan fingerprint density at radius 1 is 1.26 bits per heavy atom. The van der Waals surface area contributed by atoms with Crippen molar-refractivity contribution in [3.8, 4) is 0 Å². The maximum atomic E-state index is 13.9. The van der Waals surface area contributed by atoms with Crippen LogP contribution in [0.3, 0.4) is 0 Å². The largest absolute Gasteiger partial charge is 0.337 e. The molecular weight excluding hydrogens is 295 g/mol. The Kier molecular flexibility index (Phi) is 3.71. The Balaban J connectivity index is 1.53. The van der Waals surface area contributed by atoms with Gasteiger partial charge >= 0.3 is 0 Å². The maximum Gasteiger partial charge on any atom is 0.252 e. The number of allylic oxidation sites excluding steroid dienone is 2. The van der Waals surface area contributed by atoms with Crippen LogP contribution in [0, 0.1) is 11.8 Å². The predicted octanol–water partition coefficient (Wildman–Crippen LogP) is 1.25. The van der Waals surface area contributed by atoms with Crippen LogP contribution in [0.4, 0.5) is 4.39 Å². The molecule has 4 rings (SSSR count). The lowest BCUT2D eigenvalue weighted by atomic mass is 9.88. The van der Waals surface area contributed by atoms with Crippen LogP contribution in [0.15, 0.2) is 28.7 Å². The molecule has 0 bridgehead atoms. The zero-order valence-electron chi connectivity index (χ0n) is 13.5. The van der Waals surface area contributed by atoms with Crippen molar-refractivity contribution in [3.63, 3.8) is 0 Å². The fourth-order valence-corrected chi connectivity index (χ4v) is 4.11. The van der Waals surface area contributed by atoms with Gasteiger partial charge in [0.05, 0.1) is 12.6 Å². The number of rotatable bonds is 2. The molecule has 0 aromatic rings. The normalized spacial score (nSPS) is 31.8. The van der Waals surface area contributed by atoms with Gasteiger partial charge in [0.15, 0.2) is 0 Å². The van der Waals surface area contributed by atoms with Gasteiger partial charge in [-0.05, 0) is 51.0 Å². The third kappa shape index (κ3) is 2.69. The highest BCUT2D eigenvalue weighted by molar-refractivity contribution is 5.97. The van der Waals surface area contributed by atoms with Gasteiger partial charge in [-0.1, -0.05) is 0 Å². The molecule has 2 saturated heterocycles. The Morgan fingerprint density at radius 3 is 2.83 bits per heavy atom. The zero-order valence-corrected chi connectivity index (χ0v) is 13.5. The van der Waals surface area contributed by atoms with Crippen molar-refractivity contribution in [2.24, 2.45) is 16.9 Å². The van der Waals surface area contributed by atoms with Crippen LogP contribution >= 0.6 is 0 Å². The Bertz CT molecular complexity index is 591. The van der Waals surface area contributed by atoms with Gasteiger partial charge in [-0.3, -0.25) is 9.80 Å². The highest BCUT2D eigenvalue weighted by Gasteiger charge is 2.42. The predicted molar refractivity (Wildman–Crippen MR) is 86.6 cm³/mol. The minimum atomic E-state index is -0.316. The molecule has 23 heavy (non-hydrogen) atoms. The van der Waals surface area contributed by atoms with E-state index in [0.29, 0.717) is 18.0 Å². The minimum Gasteiger partial charge on any atom is -0.337 e. The van der Waals surface area contributed by atoms with Gasteiger partial charge in [0.1, 0.15) is 5.83 Å². The van der Waals surface area contributed by atoms with E-state index in [1.807, 2.05) is 9.91 Å². The van der Waals surface area contributed by atoms with E-state index in [0.717, 1.165) is 39.0 Å². The molecule has 0 aromatic carbocycles. The second-order valence-corrected chi connectivity index (χ2v) is 7.10.